The van der Waals surface area contributed by atoms with Crippen molar-refractivity contribution in [3.8, 4) is 11.4 Å². The van der Waals surface area contributed by atoms with Crippen LogP contribution >= 0.6 is 0 Å². The maximum Gasteiger partial charge on any atom is 0.137 e. The molecule has 0 aliphatic heterocycles. The fourth-order valence-corrected chi connectivity index (χ4v) is 2.07. The Kier molecular flexibility index (Phi) is 2.48. The Bertz CT molecular complexity index is 524. The third kappa shape index (κ3) is 2.11. The van der Waals surface area contributed by atoms with Crippen molar-refractivity contribution in [2.45, 2.75) is 31.7 Å². The monoisotopic (exact) mass is 227 g/mol. The number of aromatic amines is 1. The van der Waals surface area contributed by atoms with Crippen LogP contribution in [0.4, 0.5) is 0 Å². The van der Waals surface area contributed by atoms with Crippen molar-refractivity contribution in [3.63, 3.8) is 0 Å². The summed E-state index contributed by atoms with van der Waals surface area (Å²) in [6.07, 6.45) is 4.48. The number of hydrogen-bond donors (Lipinski definition) is 2. The molecule has 3 N–H and O–H groups in total. The zero-order chi connectivity index (χ0) is 11.8. The normalized spacial score (nSPS) is 17.1. The molecule has 2 aromatic rings. The smallest absolute Gasteiger partial charge is 0.137 e. The van der Waals surface area contributed by atoms with Gasteiger partial charge in [0.2, 0.25) is 0 Å². The summed E-state index contributed by atoms with van der Waals surface area (Å²) in [6, 6.07) is 8.65. The van der Waals surface area contributed by atoms with Crippen LogP contribution in [-0.2, 0) is 0 Å². The standard InChI is InChI=1S/C14H17N3/c1-9(15)13-8-16-14(17-13)12-4-2-3-11(7-12)10-5-6-10/h2-4,7-10H,5-6,15H2,1H3,(H,16,17). The number of imidazole rings is 1. The average molecular weight is 227 g/mol. The summed E-state index contributed by atoms with van der Waals surface area (Å²) in [5, 5.41) is 0. The van der Waals surface area contributed by atoms with Crippen LogP contribution < -0.4 is 5.73 Å². The first kappa shape index (κ1) is 10.5. The number of benzene rings is 1. The first-order chi connectivity index (χ1) is 8.24. The summed E-state index contributed by atoms with van der Waals surface area (Å²) in [6.45, 7) is 1.96. The van der Waals surface area contributed by atoms with Crippen molar-refractivity contribution in [3.05, 3.63) is 41.7 Å². The second-order valence-corrected chi connectivity index (χ2v) is 4.88. The molecule has 0 amide bonds. The van der Waals surface area contributed by atoms with Crippen LogP contribution in [0.2, 0.25) is 0 Å². The van der Waals surface area contributed by atoms with E-state index >= 15 is 0 Å². The minimum atomic E-state index is 0.00265. The molecular formula is C14H17N3. The van der Waals surface area contributed by atoms with E-state index in [-0.39, 0.29) is 6.04 Å². The Labute approximate surface area is 101 Å². The molecule has 88 valence electrons. The summed E-state index contributed by atoms with van der Waals surface area (Å²) in [7, 11) is 0. The molecule has 1 aliphatic rings. The Morgan fingerprint density at radius 3 is 2.88 bits per heavy atom. The molecule has 0 spiro atoms. The van der Waals surface area contributed by atoms with Gasteiger partial charge in [-0.15, -0.1) is 0 Å². The third-order valence-electron chi connectivity index (χ3n) is 3.29. The van der Waals surface area contributed by atoms with Gasteiger partial charge in [-0.05, 0) is 37.3 Å². The molecule has 3 heteroatoms. The number of rotatable bonds is 3. The van der Waals surface area contributed by atoms with Crippen LogP contribution in [0.3, 0.4) is 0 Å². The fraction of sp³-hybridized carbons (Fsp3) is 0.357. The Morgan fingerprint density at radius 2 is 2.24 bits per heavy atom. The van der Waals surface area contributed by atoms with Crippen LogP contribution in [0.1, 0.15) is 43.0 Å². The number of aromatic nitrogens is 2. The number of nitrogens with zero attached hydrogens (tertiary/aromatic N) is 1. The van der Waals surface area contributed by atoms with Gasteiger partial charge in [-0.3, -0.25) is 0 Å². The van der Waals surface area contributed by atoms with Gasteiger partial charge in [0.1, 0.15) is 5.82 Å². The maximum absolute atomic E-state index is 5.82. The number of nitrogens with two attached hydrogens (primary N) is 1. The lowest BCUT2D eigenvalue weighted by Crippen LogP contribution is -2.04. The van der Waals surface area contributed by atoms with E-state index in [4.69, 9.17) is 5.73 Å². The summed E-state index contributed by atoms with van der Waals surface area (Å²) < 4.78 is 0. The molecule has 1 atom stereocenters. The second kappa shape index (κ2) is 4.00. The van der Waals surface area contributed by atoms with Gasteiger partial charge in [0, 0.05) is 11.6 Å². The van der Waals surface area contributed by atoms with Gasteiger partial charge >= 0.3 is 0 Å². The Balaban J connectivity index is 1.93. The molecule has 0 saturated heterocycles. The lowest BCUT2D eigenvalue weighted by molar-refractivity contribution is 0.789. The highest BCUT2D eigenvalue weighted by Gasteiger charge is 2.23. The van der Waals surface area contributed by atoms with Crippen LogP contribution in [0.15, 0.2) is 30.5 Å². The molecular weight excluding hydrogens is 210 g/mol. The van der Waals surface area contributed by atoms with Crippen molar-refractivity contribution in [1.82, 2.24) is 9.97 Å². The van der Waals surface area contributed by atoms with Crippen molar-refractivity contribution in [2.24, 2.45) is 5.73 Å². The Hall–Kier alpha value is -1.61. The minimum absolute atomic E-state index is 0.00265. The molecule has 3 nitrogen and oxygen atoms in total. The van der Waals surface area contributed by atoms with Crippen LogP contribution in [0, 0.1) is 0 Å². The molecule has 1 aliphatic carbocycles. The van der Waals surface area contributed by atoms with Gasteiger partial charge in [-0.1, -0.05) is 18.2 Å². The van der Waals surface area contributed by atoms with Gasteiger partial charge in [0.15, 0.2) is 0 Å². The molecule has 17 heavy (non-hydrogen) atoms. The average Bonchev–Trinajstić information content (AvgIpc) is 3.06. The predicted octanol–water partition coefficient (Wildman–Crippen LogP) is 2.97. The SMILES string of the molecule is CC(N)c1cnc(-c2cccc(C3CC3)c2)[nH]1. The van der Waals surface area contributed by atoms with Gasteiger partial charge in [-0.25, -0.2) is 4.98 Å². The number of H-pyrrole nitrogens is 1. The number of hydrogen-bond acceptors (Lipinski definition) is 2. The molecule has 1 aromatic heterocycles. The fourth-order valence-electron chi connectivity index (χ4n) is 2.07. The molecule has 1 unspecified atom stereocenters. The first-order valence-electron chi connectivity index (χ1n) is 6.15. The Morgan fingerprint density at radius 1 is 1.41 bits per heavy atom. The summed E-state index contributed by atoms with van der Waals surface area (Å²) in [5.41, 5.74) is 9.39. The van der Waals surface area contributed by atoms with Crippen LogP contribution in [0.25, 0.3) is 11.4 Å². The van der Waals surface area contributed by atoms with Crippen molar-refractivity contribution < 1.29 is 0 Å². The zero-order valence-corrected chi connectivity index (χ0v) is 9.98. The van der Waals surface area contributed by atoms with Crippen LogP contribution in [-0.4, -0.2) is 9.97 Å². The third-order valence-corrected chi connectivity index (χ3v) is 3.29. The highest BCUT2D eigenvalue weighted by atomic mass is 14.9. The van der Waals surface area contributed by atoms with Crippen molar-refractivity contribution >= 4 is 0 Å². The van der Waals surface area contributed by atoms with E-state index in [2.05, 4.69) is 34.2 Å². The minimum Gasteiger partial charge on any atom is -0.341 e. The molecule has 1 aromatic carbocycles. The zero-order valence-electron chi connectivity index (χ0n) is 9.98. The molecule has 0 radical (unpaired) electrons. The largest absolute Gasteiger partial charge is 0.341 e. The second-order valence-electron chi connectivity index (χ2n) is 4.88. The van der Waals surface area contributed by atoms with E-state index in [9.17, 15) is 0 Å². The summed E-state index contributed by atoms with van der Waals surface area (Å²) in [5.74, 6) is 1.69. The topological polar surface area (TPSA) is 54.7 Å². The summed E-state index contributed by atoms with van der Waals surface area (Å²) >= 11 is 0. The first-order valence-corrected chi connectivity index (χ1v) is 6.15. The van der Waals surface area contributed by atoms with E-state index in [0.717, 1.165) is 23.0 Å². The van der Waals surface area contributed by atoms with E-state index in [1.807, 2.05) is 13.1 Å². The van der Waals surface area contributed by atoms with E-state index < -0.39 is 0 Å². The lowest BCUT2D eigenvalue weighted by atomic mass is 10.1. The molecule has 1 saturated carbocycles. The van der Waals surface area contributed by atoms with E-state index in [1.165, 1.54) is 18.4 Å². The maximum atomic E-state index is 5.82. The van der Waals surface area contributed by atoms with Gasteiger partial charge in [0.25, 0.3) is 0 Å². The number of nitrogens with one attached hydrogen (secondary N) is 1. The molecule has 3 rings (SSSR count). The summed E-state index contributed by atoms with van der Waals surface area (Å²) in [4.78, 5) is 7.67. The van der Waals surface area contributed by atoms with E-state index in [0.29, 0.717) is 0 Å². The quantitative estimate of drug-likeness (QED) is 0.847. The highest BCUT2D eigenvalue weighted by Crippen LogP contribution is 2.40. The molecule has 1 heterocycles. The lowest BCUT2D eigenvalue weighted by Gasteiger charge is -2.02. The molecule has 1 fully saturated rings. The highest BCUT2D eigenvalue weighted by molar-refractivity contribution is 5.57. The predicted molar refractivity (Wildman–Crippen MR) is 68.6 cm³/mol. The van der Waals surface area contributed by atoms with Gasteiger partial charge in [-0.2, -0.15) is 0 Å². The molecule has 0 bridgehead atoms. The van der Waals surface area contributed by atoms with E-state index in [1.54, 1.807) is 0 Å². The van der Waals surface area contributed by atoms with Crippen molar-refractivity contribution in [1.29, 1.82) is 0 Å². The van der Waals surface area contributed by atoms with Gasteiger partial charge in [0.05, 0.1) is 11.9 Å². The van der Waals surface area contributed by atoms with Crippen LogP contribution in [0.5, 0.6) is 0 Å². The van der Waals surface area contributed by atoms with Gasteiger partial charge < -0.3 is 10.7 Å². The van der Waals surface area contributed by atoms with Crippen molar-refractivity contribution in [2.75, 3.05) is 0 Å².